The number of amides is 1. The van der Waals surface area contributed by atoms with Crippen LogP contribution in [-0.2, 0) is 4.79 Å². The van der Waals surface area contributed by atoms with Gasteiger partial charge in [0.1, 0.15) is 5.75 Å². The Morgan fingerprint density at radius 1 is 1.23 bits per heavy atom. The molecular formula is C16H16ClN3O2. The second kappa shape index (κ2) is 7.47. The Hall–Kier alpha value is -2.53. The summed E-state index contributed by atoms with van der Waals surface area (Å²) in [6.45, 7) is 1.78. The number of anilines is 1. The number of hydrogen-bond donors (Lipinski definition) is 3. The Kier molecular flexibility index (Phi) is 5.38. The Bertz CT molecular complexity index is 687. The molecular weight excluding hydrogens is 302 g/mol. The molecule has 0 aromatic heterocycles. The maximum Gasteiger partial charge on any atom is 0.259 e. The van der Waals surface area contributed by atoms with Gasteiger partial charge in [-0.05, 0) is 37.3 Å². The van der Waals surface area contributed by atoms with E-state index in [0.29, 0.717) is 16.3 Å². The van der Waals surface area contributed by atoms with Crippen LogP contribution in [0.25, 0.3) is 0 Å². The number of phenolic OH excluding ortho intramolecular Hbond substituents is 1. The van der Waals surface area contributed by atoms with E-state index in [2.05, 4.69) is 15.8 Å². The number of rotatable bonds is 5. The number of benzene rings is 2. The molecule has 0 fully saturated rings. The third kappa shape index (κ3) is 4.49. The lowest BCUT2D eigenvalue weighted by atomic mass is 10.1. The van der Waals surface area contributed by atoms with Crippen molar-refractivity contribution in [3.8, 4) is 5.75 Å². The van der Waals surface area contributed by atoms with Crippen molar-refractivity contribution in [3.63, 3.8) is 0 Å². The molecule has 0 unspecified atom stereocenters. The molecule has 0 saturated carbocycles. The quantitative estimate of drug-likeness (QED) is 0.586. The molecule has 2 rings (SSSR count). The second-order valence-electron chi connectivity index (χ2n) is 4.61. The van der Waals surface area contributed by atoms with Crippen LogP contribution < -0.4 is 10.7 Å². The van der Waals surface area contributed by atoms with Gasteiger partial charge in [0.05, 0.1) is 12.3 Å². The van der Waals surface area contributed by atoms with E-state index in [1.807, 2.05) is 30.3 Å². The number of phenols is 1. The van der Waals surface area contributed by atoms with Crippen LogP contribution >= 0.6 is 11.6 Å². The van der Waals surface area contributed by atoms with Crippen LogP contribution in [-0.4, -0.2) is 23.3 Å². The minimum Gasteiger partial charge on any atom is -0.507 e. The smallest absolute Gasteiger partial charge is 0.259 e. The maximum absolute atomic E-state index is 11.7. The third-order valence-electron chi connectivity index (χ3n) is 2.92. The van der Waals surface area contributed by atoms with Crippen molar-refractivity contribution in [3.05, 3.63) is 59.1 Å². The lowest BCUT2D eigenvalue weighted by Crippen LogP contribution is -2.26. The van der Waals surface area contributed by atoms with Crippen molar-refractivity contribution in [2.75, 3.05) is 11.9 Å². The number of aromatic hydroxyl groups is 1. The molecule has 0 saturated heterocycles. The van der Waals surface area contributed by atoms with E-state index in [1.54, 1.807) is 19.1 Å². The zero-order valence-electron chi connectivity index (χ0n) is 12.0. The summed E-state index contributed by atoms with van der Waals surface area (Å²) >= 11 is 5.88. The molecule has 6 heteroatoms. The zero-order chi connectivity index (χ0) is 15.9. The Labute approximate surface area is 133 Å². The van der Waals surface area contributed by atoms with Gasteiger partial charge in [-0.1, -0.05) is 29.8 Å². The molecule has 0 radical (unpaired) electrons. The van der Waals surface area contributed by atoms with Gasteiger partial charge in [0, 0.05) is 16.3 Å². The molecule has 1 amide bonds. The second-order valence-corrected chi connectivity index (χ2v) is 5.05. The number of halogens is 1. The summed E-state index contributed by atoms with van der Waals surface area (Å²) < 4.78 is 0. The lowest BCUT2D eigenvalue weighted by molar-refractivity contribution is -0.119. The van der Waals surface area contributed by atoms with Crippen LogP contribution in [0, 0.1) is 0 Å². The van der Waals surface area contributed by atoms with E-state index < -0.39 is 0 Å². The highest BCUT2D eigenvalue weighted by molar-refractivity contribution is 6.31. The topological polar surface area (TPSA) is 73.7 Å². The minimum absolute atomic E-state index is 0.0577. The highest BCUT2D eigenvalue weighted by Crippen LogP contribution is 2.21. The molecule has 2 aromatic carbocycles. The van der Waals surface area contributed by atoms with Crippen LogP contribution in [0.15, 0.2) is 53.6 Å². The first-order valence-corrected chi connectivity index (χ1v) is 7.05. The van der Waals surface area contributed by atoms with Crippen LogP contribution in [0.3, 0.4) is 0 Å². The van der Waals surface area contributed by atoms with Crippen LogP contribution in [0.4, 0.5) is 5.69 Å². The fourth-order valence-electron chi connectivity index (χ4n) is 1.78. The van der Waals surface area contributed by atoms with Gasteiger partial charge in [-0.25, -0.2) is 5.43 Å². The number of hydrogen-bond acceptors (Lipinski definition) is 4. The molecule has 0 bridgehead atoms. The fourth-order valence-corrected chi connectivity index (χ4v) is 1.95. The Balaban J connectivity index is 1.93. The SMILES string of the molecule is C/C(=N\NC(=O)CNc1ccccc1)c1cc(Cl)ccc1O. The first-order valence-electron chi connectivity index (χ1n) is 6.67. The lowest BCUT2D eigenvalue weighted by Gasteiger charge is -2.07. The number of hydrazone groups is 1. The van der Waals surface area contributed by atoms with Crippen molar-refractivity contribution >= 4 is 28.9 Å². The highest BCUT2D eigenvalue weighted by Gasteiger charge is 2.06. The summed E-state index contributed by atoms with van der Waals surface area (Å²) in [7, 11) is 0. The summed E-state index contributed by atoms with van der Waals surface area (Å²) in [5.41, 5.74) is 4.22. The van der Waals surface area contributed by atoms with Crippen molar-refractivity contribution in [1.29, 1.82) is 0 Å². The molecule has 0 aliphatic heterocycles. The van der Waals surface area contributed by atoms with E-state index in [1.165, 1.54) is 6.07 Å². The molecule has 22 heavy (non-hydrogen) atoms. The first kappa shape index (κ1) is 15.9. The number of nitrogens with one attached hydrogen (secondary N) is 2. The molecule has 114 valence electrons. The monoisotopic (exact) mass is 317 g/mol. The van der Waals surface area contributed by atoms with Crippen LogP contribution in [0.2, 0.25) is 5.02 Å². The summed E-state index contributed by atoms with van der Waals surface area (Å²) in [6, 6.07) is 14.0. The Morgan fingerprint density at radius 3 is 2.68 bits per heavy atom. The number of carbonyl (C=O) groups excluding carboxylic acids is 1. The maximum atomic E-state index is 11.7. The molecule has 0 heterocycles. The summed E-state index contributed by atoms with van der Waals surface area (Å²) in [5, 5.41) is 17.2. The summed E-state index contributed by atoms with van der Waals surface area (Å²) in [6.07, 6.45) is 0. The molecule has 0 aliphatic rings. The molecule has 5 nitrogen and oxygen atoms in total. The summed E-state index contributed by atoms with van der Waals surface area (Å²) in [5.74, 6) is -0.230. The molecule has 3 N–H and O–H groups in total. The van der Waals surface area contributed by atoms with Crippen LogP contribution in [0.1, 0.15) is 12.5 Å². The zero-order valence-corrected chi connectivity index (χ0v) is 12.8. The van der Waals surface area contributed by atoms with Gasteiger partial charge in [0.25, 0.3) is 5.91 Å². The number of para-hydroxylation sites is 1. The highest BCUT2D eigenvalue weighted by atomic mass is 35.5. The van der Waals surface area contributed by atoms with E-state index >= 15 is 0 Å². The van der Waals surface area contributed by atoms with Gasteiger partial charge in [0.15, 0.2) is 0 Å². The third-order valence-corrected chi connectivity index (χ3v) is 3.16. The van der Waals surface area contributed by atoms with Gasteiger partial charge in [-0.2, -0.15) is 5.10 Å². The number of nitrogens with zero attached hydrogens (tertiary/aromatic N) is 1. The Morgan fingerprint density at radius 2 is 1.95 bits per heavy atom. The molecule has 0 spiro atoms. The van der Waals surface area contributed by atoms with Crippen LogP contribution in [0.5, 0.6) is 5.75 Å². The molecule has 0 aliphatic carbocycles. The normalized spacial score (nSPS) is 11.1. The van der Waals surface area contributed by atoms with Gasteiger partial charge < -0.3 is 10.4 Å². The first-order chi connectivity index (χ1) is 10.6. The average Bonchev–Trinajstić information content (AvgIpc) is 2.54. The predicted octanol–water partition coefficient (Wildman–Crippen LogP) is 3.00. The minimum atomic E-state index is -0.287. The largest absolute Gasteiger partial charge is 0.507 e. The van der Waals surface area contributed by atoms with Crippen molar-refractivity contribution in [1.82, 2.24) is 5.43 Å². The van der Waals surface area contributed by atoms with E-state index in [0.717, 1.165) is 5.69 Å². The standard InChI is InChI=1S/C16H16ClN3O2/c1-11(14-9-12(17)7-8-15(14)21)19-20-16(22)10-18-13-5-3-2-4-6-13/h2-9,18,21H,10H2,1H3,(H,20,22)/b19-11+. The van der Waals surface area contributed by atoms with Gasteiger partial charge in [0.2, 0.25) is 0 Å². The predicted molar refractivity (Wildman–Crippen MR) is 88.4 cm³/mol. The molecule has 0 atom stereocenters. The van der Waals surface area contributed by atoms with Crippen molar-refractivity contribution in [2.45, 2.75) is 6.92 Å². The fraction of sp³-hybridized carbons (Fsp3) is 0.125. The van der Waals surface area contributed by atoms with Crippen molar-refractivity contribution < 1.29 is 9.90 Å². The van der Waals surface area contributed by atoms with Gasteiger partial charge >= 0.3 is 0 Å². The van der Waals surface area contributed by atoms with E-state index in [4.69, 9.17) is 11.6 Å². The van der Waals surface area contributed by atoms with E-state index in [9.17, 15) is 9.90 Å². The molecule has 2 aromatic rings. The summed E-state index contributed by atoms with van der Waals surface area (Å²) in [4.78, 5) is 11.7. The van der Waals surface area contributed by atoms with Crippen molar-refractivity contribution in [2.24, 2.45) is 5.10 Å². The number of carbonyl (C=O) groups is 1. The van der Waals surface area contributed by atoms with Gasteiger partial charge in [-0.15, -0.1) is 0 Å². The van der Waals surface area contributed by atoms with Gasteiger partial charge in [-0.3, -0.25) is 4.79 Å². The average molecular weight is 318 g/mol. The van der Waals surface area contributed by atoms with E-state index in [-0.39, 0.29) is 18.2 Å².